The molecule has 0 atom stereocenters. The van der Waals surface area contributed by atoms with E-state index in [9.17, 15) is 13.2 Å². The second-order valence-electron chi connectivity index (χ2n) is 5.59. The lowest BCUT2D eigenvalue weighted by Crippen LogP contribution is -2.27. The number of aryl methyl sites for hydroxylation is 1. The Morgan fingerprint density at radius 3 is 2.48 bits per heavy atom. The van der Waals surface area contributed by atoms with Gasteiger partial charge in [0.05, 0.1) is 10.6 Å². The molecule has 8 heteroatoms. The normalized spacial score (nSPS) is 11.0. The molecule has 0 bridgehead atoms. The molecule has 0 radical (unpaired) electrons. The molecule has 2 aromatic rings. The number of amides is 1. The van der Waals surface area contributed by atoms with E-state index in [1.165, 1.54) is 17.0 Å². The quantitative estimate of drug-likeness (QED) is 0.769. The Morgan fingerprint density at radius 1 is 1.20 bits per heavy atom. The van der Waals surface area contributed by atoms with Gasteiger partial charge in [-0.05, 0) is 58.7 Å². The smallest absolute Gasteiger partial charge is 0.261 e. The van der Waals surface area contributed by atoms with Crippen LogP contribution >= 0.6 is 15.9 Å². The number of sulfonamides is 1. The molecule has 6 nitrogen and oxygen atoms in total. The van der Waals surface area contributed by atoms with Crippen molar-refractivity contribution in [3.05, 3.63) is 52.5 Å². The molecule has 0 aliphatic rings. The van der Waals surface area contributed by atoms with E-state index in [0.29, 0.717) is 21.5 Å². The number of para-hydroxylation sites is 1. The van der Waals surface area contributed by atoms with Crippen molar-refractivity contribution >= 4 is 37.5 Å². The molecular formula is C17H19BrN2O4S. The molecule has 0 unspecified atom stereocenters. The maximum absolute atomic E-state index is 12.5. The van der Waals surface area contributed by atoms with Gasteiger partial charge < -0.3 is 9.64 Å². The highest BCUT2D eigenvalue weighted by atomic mass is 79.9. The Labute approximate surface area is 156 Å². The van der Waals surface area contributed by atoms with Crippen LogP contribution in [0.15, 0.2) is 51.8 Å². The summed E-state index contributed by atoms with van der Waals surface area (Å²) in [5.74, 6) is 0.293. The van der Waals surface area contributed by atoms with Gasteiger partial charge in [-0.25, -0.2) is 8.42 Å². The van der Waals surface area contributed by atoms with E-state index in [1.807, 2.05) is 0 Å². The summed E-state index contributed by atoms with van der Waals surface area (Å²) < 4.78 is 33.7. The van der Waals surface area contributed by atoms with Gasteiger partial charge in [0.1, 0.15) is 5.75 Å². The first-order valence-electron chi connectivity index (χ1n) is 7.41. The van der Waals surface area contributed by atoms with Gasteiger partial charge in [-0.1, -0.05) is 12.1 Å². The monoisotopic (exact) mass is 426 g/mol. The number of rotatable bonds is 6. The molecule has 2 rings (SSSR count). The number of nitrogens with zero attached hydrogens (tertiary/aromatic N) is 1. The number of hydrogen-bond acceptors (Lipinski definition) is 4. The Bertz CT molecular complexity index is 882. The zero-order valence-corrected chi connectivity index (χ0v) is 16.5. The minimum atomic E-state index is -3.73. The number of likely N-dealkylation sites (N-methyl/N-ethyl adjacent to an activating group) is 1. The molecular weight excluding hydrogens is 408 g/mol. The molecule has 1 N–H and O–H groups in total. The summed E-state index contributed by atoms with van der Waals surface area (Å²) >= 11 is 3.31. The molecule has 0 saturated heterocycles. The molecule has 0 fully saturated rings. The maximum atomic E-state index is 12.5. The predicted octanol–water partition coefficient (Wildman–Crippen LogP) is 3.03. The van der Waals surface area contributed by atoms with Crippen LogP contribution in [0, 0.1) is 6.92 Å². The lowest BCUT2D eigenvalue weighted by Gasteiger charge is -2.14. The lowest BCUT2D eigenvalue weighted by atomic mass is 10.2. The molecule has 0 aliphatic heterocycles. The number of halogens is 1. The van der Waals surface area contributed by atoms with E-state index in [0.717, 1.165) is 0 Å². The Hall–Kier alpha value is -2.06. The van der Waals surface area contributed by atoms with Gasteiger partial charge in [0.15, 0.2) is 6.61 Å². The number of carbonyl (C=O) groups excluding carboxylic acids is 1. The summed E-state index contributed by atoms with van der Waals surface area (Å²) in [5, 5.41) is 0. The number of carbonyl (C=O) groups is 1. The summed E-state index contributed by atoms with van der Waals surface area (Å²) in [6.07, 6.45) is 0. The van der Waals surface area contributed by atoms with Gasteiger partial charge in [0.25, 0.3) is 15.9 Å². The van der Waals surface area contributed by atoms with E-state index in [4.69, 9.17) is 4.74 Å². The number of nitrogens with one attached hydrogen (secondary N) is 1. The van der Waals surface area contributed by atoms with Crippen molar-refractivity contribution in [1.29, 1.82) is 0 Å². The van der Waals surface area contributed by atoms with Crippen molar-refractivity contribution in [2.75, 3.05) is 25.4 Å². The minimum absolute atomic E-state index is 0.102. The van der Waals surface area contributed by atoms with Crippen LogP contribution in [0.4, 0.5) is 5.69 Å². The Balaban J connectivity index is 2.18. The number of benzene rings is 2. The molecule has 134 valence electrons. The molecule has 1 amide bonds. The molecule has 0 aromatic heterocycles. The van der Waals surface area contributed by atoms with Crippen LogP contribution in [-0.4, -0.2) is 39.9 Å². The van der Waals surface area contributed by atoms with Gasteiger partial charge in [-0.2, -0.15) is 0 Å². The first-order chi connectivity index (χ1) is 11.7. The second kappa shape index (κ2) is 7.88. The SMILES string of the molecule is Cc1cc(S(=O)(=O)Nc2ccccc2Br)ccc1OCC(=O)N(C)C. The number of ether oxygens (including phenoxy) is 1. The standard InChI is InChI=1S/C17H19BrN2O4S/c1-12-10-13(8-9-16(12)24-11-17(21)20(2)3)25(22,23)19-15-7-5-4-6-14(15)18/h4-10,19H,11H2,1-3H3. The summed E-state index contributed by atoms with van der Waals surface area (Å²) in [6.45, 7) is 1.63. The van der Waals surface area contributed by atoms with E-state index in [1.54, 1.807) is 51.4 Å². The topological polar surface area (TPSA) is 75.7 Å². The predicted molar refractivity (Wildman–Crippen MR) is 100 cm³/mol. The molecule has 2 aromatic carbocycles. The van der Waals surface area contributed by atoms with Crippen LogP contribution in [0.1, 0.15) is 5.56 Å². The molecule has 0 aliphatic carbocycles. The van der Waals surface area contributed by atoms with Crippen LogP contribution < -0.4 is 9.46 Å². The van der Waals surface area contributed by atoms with Crippen LogP contribution in [-0.2, 0) is 14.8 Å². The second-order valence-corrected chi connectivity index (χ2v) is 8.13. The van der Waals surface area contributed by atoms with E-state index in [2.05, 4.69) is 20.7 Å². The van der Waals surface area contributed by atoms with E-state index in [-0.39, 0.29) is 17.4 Å². The Morgan fingerprint density at radius 2 is 1.88 bits per heavy atom. The third-order valence-electron chi connectivity index (χ3n) is 3.42. The van der Waals surface area contributed by atoms with Gasteiger partial charge >= 0.3 is 0 Å². The zero-order chi connectivity index (χ0) is 18.6. The van der Waals surface area contributed by atoms with Gasteiger partial charge in [0.2, 0.25) is 0 Å². The average Bonchev–Trinajstić information content (AvgIpc) is 2.55. The Kier molecular flexibility index (Phi) is 6.07. The average molecular weight is 427 g/mol. The highest BCUT2D eigenvalue weighted by Gasteiger charge is 2.17. The van der Waals surface area contributed by atoms with Gasteiger partial charge in [-0.3, -0.25) is 9.52 Å². The maximum Gasteiger partial charge on any atom is 0.261 e. The molecule has 0 heterocycles. The third-order valence-corrected chi connectivity index (χ3v) is 5.48. The van der Waals surface area contributed by atoms with Crippen molar-refractivity contribution < 1.29 is 17.9 Å². The van der Waals surface area contributed by atoms with Crippen molar-refractivity contribution in [2.24, 2.45) is 0 Å². The van der Waals surface area contributed by atoms with Crippen LogP contribution in [0.2, 0.25) is 0 Å². The zero-order valence-electron chi connectivity index (χ0n) is 14.1. The van der Waals surface area contributed by atoms with Crippen LogP contribution in [0.25, 0.3) is 0 Å². The van der Waals surface area contributed by atoms with E-state index < -0.39 is 10.0 Å². The molecule has 0 saturated carbocycles. The third kappa shape index (κ3) is 4.96. The first-order valence-corrected chi connectivity index (χ1v) is 9.69. The highest BCUT2D eigenvalue weighted by molar-refractivity contribution is 9.10. The van der Waals surface area contributed by atoms with E-state index >= 15 is 0 Å². The fraction of sp³-hybridized carbons (Fsp3) is 0.235. The summed E-state index contributed by atoms with van der Waals surface area (Å²) in [4.78, 5) is 13.1. The summed E-state index contributed by atoms with van der Waals surface area (Å²) in [6, 6.07) is 11.5. The number of hydrogen-bond donors (Lipinski definition) is 1. The largest absolute Gasteiger partial charge is 0.483 e. The van der Waals surface area contributed by atoms with Gasteiger partial charge in [0, 0.05) is 18.6 Å². The van der Waals surface area contributed by atoms with Gasteiger partial charge in [-0.15, -0.1) is 0 Å². The van der Waals surface area contributed by atoms with Crippen molar-refractivity contribution in [2.45, 2.75) is 11.8 Å². The first kappa shape index (κ1) is 19.3. The van der Waals surface area contributed by atoms with Crippen molar-refractivity contribution in [1.82, 2.24) is 4.90 Å². The summed E-state index contributed by atoms with van der Waals surface area (Å²) in [7, 11) is -0.450. The van der Waals surface area contributed by atoms with Crippen LogP contribution in [0.3, 0.4) is 0 Å². The summed E-state index contributed by atoms with van der Waals surface area (Å²) in [5.41, 5.74) is 1.08. The fourth-order valence-electron chi connectivity index (χ4n) is 1.97. The molecule has 25 heavy (non-hydrogen) atoms. The van der Waals surface area contributed by atoms with Crippen LogP contribution in [0.5, 0.6) is 5.75 Å². The van der Waals surface area contributed by atoms with Crippen molar-refractivity contribution in [3.63, 3.8) is 0 Å². The fourth-order valence-corrected chi connectivity index (χ4v) is 3.65. The minimum Gasteiger partial charge on any atom is -0.483 e. The lowest BCUT2D eigenvalue weighted by molar-refractivity contribution is -0.130. The number of anilines is 1. The molecule has 0 spiro atoms. The highest BCUT2D eigenvalue weighted by Crippen LogP contribution is 2.26. The van der Waals surface area contributed by atoms with Crippen molar-refractivity contribution in [3.8, 4) is 5.75 Å².